The highest BCUT2D eigenvalue weighted by Gasteiger charge is 2.34. The van der Waals surface area contributed by atoms with Crippen LogP contribution in [0, 0.1) is 0 Å². The van der Waals surface area contributed by atoms with Gasteiger partial charge in [0.15, 0.2) is 0 Å². The maximum atomic E-state index is 12.2. The van der Waals surface area contributed by atoms with Crippen molar-refractivity contribution in [2.45, 2.75) is 31.4 Å². The fourth-order valence-corrected chi connectivity index (χ4v) is 4.01. The maximum absolute atomic E-state index is 12.2. The molecule has 1 saturated heterocycles. The maximum Gasteiger partial charge on any atom is 0.222 e. The first-order chi connectivity index (χ1) is 10.0. The van der Waals surface area contributed by atoms with Crippen molar-refractivity contribution < 1.29 is 13.2 Å². The SMILES string of the molecule is CCNS(=O)(=O)C1CCN(C(=O)CCc2ccccc2)C1. The molecule has 21 heavy (non-hydrogen) atoms. The number of aryl methyl sites for hydroxylation is 1. The van der Waals surface area contributed by atoms with Crippen LogP contribution in [0.15, 0.2) is 30.3 Å². The van der Waals surface area contributed by atoms with Crippen LogP contribution >= 0.6 is 0 Å². The molecule has 1 aliphatic rings. The molecular formula is C15H22N2O3S. The lowest BCUT2D eigenvalue weighted by molar-refractivity contribution is -0.130. The Kier molecular flexibility index (Phi) is 5.36. The van der Waals surface area contributed by atoms with Gasteiger partial charge < -0.3 is 4.90 Å². The number of likely N-dealkylation sites (tertiary alicyclic amines) is 1. The van der Waals surface area contributed by atoms with E-state index in [1.54, 1.807) is 11.8 Å². The molecule has 1 unspecified atom stereocenters. The van der Waals surface area contributed by atoms with Gasteiger partial charge in [0, 0.05) is 26.1 Å². The predicted molar refractivity (Wildman–Crippen MR) is 82.3 cm³/mol. The standard InChI is InChI=1S/C15H22N2O3S/c1-2-16-21(19,20)14-10-11-17(12-14)15(18)9-8-13-6-4-3-5-7-13/h3-7,14,16H,2,8-12H2,1H3. The minimum Gasteiger partial charge on any atom is -0.341 e. The molecule has 0 spiro atoms. The van der Waals surface area contributed by atoms with Crippen molar-refractivity contribution >= 4 is 15.9 Å². The molecule has 0 aliphatic carbocycles. The van der Waals surface area contributed by atoms with Gasteiger partial charge >= 0.3 is 0 Å². The zero-order valence-corrected chi connectivity index (χ0v) is 13.1. The van der Waals surface area contributed by atoms with Crippen molar-refractivity contribution in [1.82, 2.24) is 9.62 Å². The molecule has 1 aromatic rings. The van der Waals surface area contributed by atoms with Crippen LogP contribution in [-0.2, 0) is 21.2 Å². The van der Waals surface area contributed by atoms with Crippen molar-refractivity contribution in [3.05, 3.63) is 35.9 Å². The van der Waals surface area contributed by atoms with Crippen LogP contribution in [0.3, 0.4) is 0 Å². The second-order valence-electron chi connectivity index (χ2n) is 5.28. The monoisotopic (exact) mass is 310 g/mol. The number of nitrogens with zero attached hydrogens (tertiary/aromatic N) is 1. The van der Waals surface area contributed by atoms with Crippen molar-refractivity contribution in [2.24, 2.45) is 0 Å². The summed E-state index contributed by atoms with van der Waals surface area (Å²) in [6.07, 6.45) is 1.64. The summed E-state index contributed by atoms with van der Waals surface area (Å²) in [6.45, 7) is 2.99. The summed E-state index contributed by atoms with van der Waals surface area (Å²) in [5.74, 6) is 0.0352. The van der Waals surface area contributed by atoms with E-state index in [1.165, 1.54) is 0 Å². The van der Waals surface area contributed by atoms with Crippen LogP contribution in [0.1, 0.15) is 25.3 Å². The summed E-state index contributed by atoms with van der Waals surface area (Å²) in [4.78, 5) is 13.8. The lowest BCUT2D eigenvalue weighted by Crippen LogP contribution is -2.37. The molecule has 0 aromatic heterocycles. The molecule has 2 rings (SSSR count). The van der Waals surface area contributed by atoms with Crippen molar-refractivity contribution in [3.63, 3.8) is 0 Å². The molecule has 1 fully saturated rings. The zero-order valence-electron chi connectivity index (χ0n) is 12.3. The number of nitrogens with one attached hydrogen (secondary N) is 1. The number of benzene rings is 1. The number of sulfonamides is 1. The Morgan fingerprint density at radius 3 is 2.71 bits per heavy atom. The number of carbonyl (C=O) groups excluding carboxylic acids is 1. The van der Waals surface area contributed by atoms with Gasteiger partial charge in [-0.25, -0.2) is 13.1 Å². The van der Waals surface area contributed by atoms with Crippen LogP contribution in [0.4, 0.5) is 0 Å². The molecule has 1 amide bonds. The van der Waals surface area contributed by atoms with Gasteiger partial charge in [-0.3, -0.25) is 4.79 Å². The summed E-state index contributed by atoms with van der Waals surface area (Å²) < 4.78 is 26.4. The summed E-state index contributed by atoms with van der Waals surface area (Å²) in [6, 6.07) is 9.84. The molecule has 0 radical (unpaired) electrons. The molecule has 1 atom stereocenters. The molecule has 1 aliphatic heterocycles. The second kappa shape index (κ2) is 7.04. The third kappa shape index (κ3) is 4.28. The quantitative estimate of drug-likeness (QED) is 0.857. The van der Waals surface area contributed by atoms with Gasteiger partial charge in [-0.1, -0.05) is 37.3 Å². The molecule has 0 saturated carbocycles. The Balaban J connectivity index is 1.85. The van der Waals surface area contributed by atoms with Gasteiger partial charge in [0.2, 0.25) is 15.9 Å². The van der Waals surface area contributed by atoms with Gasteiger partial charge in [-0.05, 0) is 18.4 Å². The number of carbonyl (C=O) groups is 1. The van der Waals surface area contributed by atoms with Gasteiger partial charge in [0.1, 0.15) is 0 Å². The summed E-state index contributed by atoms with van der Waals surface area (Å²) in [5.41, 5.74) is 1.13. The number of amides is 1. The van der Waals surface area contributed by atoms with Crippen LogP contribution in [0.2, 0.25) is 0 Å². The van der Waals surface area contributed by atoms with E-state index in [4.69, 9.17) is 0 Å². The minimum absolute atomic E-state index is 0.0352. The average molecular weight is 310 g/mol. The Hall–Kier alpha value is -1.40. The first kappa shape index (κ1) is 16.0. The molecule has 5 nitrogen and oxygen atoms in total. The molecular weight excluding hydrogens is 288 g/mol. The van der Waals surface area contributed by atoms with Crippen LogP contribution in [0.5, 0.6) is 0 Å². The van der Waals surface area contributed by atoms with E-state index >= 15 is 0 Å². The molecule has 116 valence electrons. The van der Waals surface area contributed by atoms with Crippen molar-refractivity contribution in [1.29, 1.82) is 0 Å². The Labute approximate surface area is 126 Å². The Bertz CT molecular complexity index is 572. The predicted octanol–water partition coefficient (Wildman–Crippen LogP) is 1.16. The fourth-order valence-electron chi connectivity index (χ4n) is 2.58. The Morgan fingerprint density at radius 1 is 1.33 bits per heavy atom. The van der Waals surface area contributed by atoms with E-state index in [1.807, 2.05) is 30.3 Å². The highest BCUT2D eigenvalue weighted by atomic mass is 32.2. The summed E-state index contributed by atoms with van der Waals surface area (Å²) in [7, 11) is -3.29. The lowest BCUT2D eigenvalue weighted by Gasteiger charge is -2.17. The first-order valence-electron chi connectivity index (χ1n) is 7.33. The molecule has 0 bridgehead atoms. The van der Waals surface area contributed by atoms with E-state index < -0.39 is 15.3 Å². The van der Waals surface area contributed by atoms with E-state index in [9.17, 15) is 13.2 Å². The summed E-state index contributed by atoms with van der Waals surface area (Å²) >= 11 is 0. The molecule has 1 N–H and O–H groups in total. The lowest BCUT2D eigenvalue weighted by atomic mass is 10.1. The smallest absolute Gasteiger partial charge is 0.222 e. The van der Waals surface area contributed by atoms with Gasteiger partial charge in [-0.15, -0.1) is 0 Å². The highest BCUT2D eigenvalue weighted by Crippen LogP contribution is 2.17. The van der Waals surface area contributed by atoms with E-state index in [2.05, 4.69) is 4.72 Å². The number of rotatable bonds is 6. The van der Waals surface area contributed by atoms with Crippen molar-refractivity contribution in [3.8, 4) is 0 Å². The highest BCUT2D eigenvalue weighted by molar-refractivity contribution is 7.90. The van der Waals surface area contributed by atoms with Crippen molar-refractivity contribution in [2.75, 3.05) is 19.6 Å². The van der Waals surface area contributed by atoms with E-state index in [0.717, 1.165) is 5.56 Å². The topological polar surface area (TPSA) is 66.5 Å². The zero-order chi connectivity index (χ0) is 15.3. The van der Waals surface area contributed by atoms with Crippen LogP contribution in [-0.4, -0.2) is 44.1 Å². The Morgan fingerprint density at radius 2 is 2.05 bits per heavy atom. The number of hydrogen-bond donors (Lipinski definition) is 1. The largest absolute Gasteiger partial charge is 0.341 e. The first-order valence-corrected chi connectivity index (χ1v) is 8.87. The molecule has 1 aromatic carbocycles. The minimum atomic E-state index is -3.29. The average Bonchev–Trinajstić information content (AvgIpc) is 2.96. The number of hydrogen-bond acceptors (Lipinski definition) is 3. The molecule has 6 heteroatoms. The van der Waals surface area contributed by atoms with E-state index in [0.29, 0.717) is 38.9 Å². The van der Waals surface area contributed by atoms with Gasteiger partial charge in [0.25, 0.3) is 0 Å². The van der Waals surface area contributed by atoms with Gasteiger partial charge in [0.05, 0.1) is 5.25 Å². The third-order valence-corrected chi connectivity index (χ3v) is 5.71. The normalized spacial score (nSPS) is 18.9. The van der Waals surface area contributed by atoms with Crippen LogP contribution < -0.4 is 4.72 Å². The third-order valence-electron chi connectivity index (χ3n) is 3.75. The molecule has 1 heterocycles. The van der Waals surface area contributed by atoms with Crippen LogP contribution in [0.25, 0.3) is 0 Å². The summed E-state index contributed by atoms with van der Waals surface area (Å²) in [5, 5.41) is -0.474. The van der Waals surface area contributed by atoms with E-state index in [-0.39, 0.29) is 5.91 Å². The fraction of sp³-hybridized carbons (Fsp3) is 0.533. The second-order valence-corrected chi connectivity index (χ2v) is 7.32. The van der Waals surface area contributed by atoms with Gasteiger partial charge in [-0.2, -0.15) is 0 Å².